The number of nitrogens with zero attached hydrogens (tertiary/aromatic N) is 2. The number of aromatic nitrogens is 3. The summed E-state index contributed by atoms with van der Waals surface area (Å²) in [5.41, 5.74) is 0. The summed E-state index contributed by atoms with van der Waals surface area (Å²) in [4.78, 5) is 26.3. The number of hydrogen-bond donors (Lipinski definition) is 3. The Morgan fingerprint density at radius 1 is 1.41 bits per heavy atom. The first kappa shape index (κ1) is 10.9. The van der Waals surface area contributed by atoms with E-state index in [1.54, 1.807) is 12.1 Å². The van der Waals surface area contributed by atoms with Crippen LogP contribution in [0.25, 0.3) is 0 Å². The number of nitrogens with one attached hydrogen (secondary N) is 3. The van der Waals surface area contributed by atoms with Gasteiger partial charge in [0.05, 0.1) is 12.8 Å². The highest BCUT2D eigenvalue weighted by molar-refractivity contribution is 6.39. The summed E-state index contributed by atoms with van der Waals surface area (Å²) in [5.74, 6) is -0.930. The molecule has 0 radical (unpaired) electrons. The van der Waals surface area contributed by atoms with Crippen LogP contribution in [0.4, 0.5) is 5.95 Å². The lowest BCUT2D eigenvalue weighted by Crippen LogP contribution is -2.35. The molecular formula is C9H9N5O3. The molecule has 0 aliphatic rings. The van der Waals surface area contributed by atoms with Gasteiger partial charge in [-0.25, -0.2) is 5.10 Å². The summed E-state index contributed by atoms with van der Waals surface area (Å²) in [6.45, 7) is 0.148. The summed E-state index contributed by atoms with van der Waals surface area (Å²) in [6, 6.07) is 3.38. The Balaban J connectivity index is 1.81. The van der Waals surface area contributed by atoms with E-state index < -0.39 is 11.8 Å². The predicted octanol–water partition coefficient (Wildman–Crippen LogP) is -0.347. The van der Waals surface area contributed by atoms with Gasteiger partial charge in [-0.1, -0.05) is 0 Å². The third-order valence-electron chi connectivity index (χ3n) is 1.86. The van der Waals surface area contributed by atoms with Crippen LogP contribution in [0.15, 0.2) is 29.1 Å². The molecule has 0 unspecified atom stereocenters. The van der Waals surface area contributed by atoms with Gasteiger partial charge in [0.15, 0.2) is 0 Å². The molecular weight excluding hydrogens is 226 g/mol. The molecule has 8 nitrogen and oxygen atoms in total. The molecule has 0 saturated carbocycles. The summed E-state index contributed by atoms with van der Waals surface area (Å²) >= 11 is 0. The van der Waals surface area contributed by atoms with E-state index in [-0.39, 0.29) is 12.5 Å². The molecule has 8 heteroatoms. The van der Waals surface area contributed by atoms with Gasteiger partial charge in [0.25, 0.3) is 0 Å². The molecule has 17 heavy (non-hydrogen) atoms. The second-order valence-corrected chi connectivity index (χ2v) is 3.05. The molecule has 0 bridgehead atoms. The Labute approximate surface area is 95.4 Å². The third-order valence-corrected chi connectivity index (χ3v) is 1.86. The lowest BCUT2D eigenvalue weighted by atomic mass is 10.4. The fourth-order valence-electron chi connectivity index (χ4n) is 1.09. The second-order valence-electron chi connectivity index (χ2n) is 3.05. The number of furan rings is 1. The van der Waals surface area contributed by atoms with E-state index in [2.05, 4.69) is 25.8 Å². The molecule has 2 aromatic heterocycles. The number of carbonyl (C=O) groups excluding carboxylic acids is 2. The van der Waals surface area contributed by atoms with Crippen LogP contribution < -0.4 is 10.6 Å². The maximum absolute atomic E-state index is 11.3. The zero-order chi connectivity index (χ0) is 12.1. The van der Waals surface area contributed by atoms with Crippen molar-refractivity contribution in [1.29, 1.82) is 0 Å². The maximum atomic E-state index is 11.3. The molecule has 3 N–H and O–H groups in total. The van der Waals surface area contributed by atoms with Crippen LogP contribution in [0.2, 0.25) is 0 Å². The molecule has 2 amide bonds. The average Bonchev–Trinajstić information content (AvgIpc) is 2.98. The summed E-state index contributed by atoms with van der Waals surface area (Å²) in [5, 5.41) is 10.6. The highest BCUT2D eigenvalue weighted by atomic mass is 16.3. The molecule has 0 aliphatic heterocycles. The van der Waals surface area contributed by atoms with Crippen LogP contribution in [0, 0.1) is 0 Å². The number of anilines is 1. The zero-order valence-electron chi connectivity index (χ0n) is 8.64. The minimum Gasteiger partial charge on any atom is -0.467 e. The third kappa shape index (κ3) is 2.91. The number of rotatable bonds is 3. The Bertz CT molecular complexity index is 491. The highest BCUT2D eigenvalue weighted by Crippen LogP contribution is 1.98. The number of amides is 2. The summed E-state index contributed by atoms with van der Waals surface area (Å²) < 4.78 is 4.99. The standard InChI is InChI=1S/C9H9N5O3/c15-7(10-4-6-2-1-3-17-6)8(16)13-9-11-5-12-14-9/h1-3,5H,4H2,(H,10,15)(H2,11,12,13,14,16). The Morgan fingerprint density at radius 2 is 2.29 bits per heavy atom. The normalized spacial score (nSPS) is 9.88. The van der Waals surface area contributed by atoms with E-state index in [9.17, 15) is 9.59 Å². The first-order chi connectivity index (χ1) is 8.25. The number of H-pyrrole nitrogens is 1. The fraction of sp³-hybridized carbons (Fsp3) is 0.111. The summed E-state index contributed by atoms with van der Waals surface area (Å²) in [7, 11) is 0. The lowest BCUT2D eigenvalue weighted by molar-refractivity contribution is -0.136. The molecule has 0 atom stereocenters. The fourth-order valence-corrected chi connectivity index (χ4v) is 1.09. The number of aromatic amines is 1. The Hall–Kier alpha value is -2.64. The van der Waals surface area contributed by atoms with Gasteiger partial charge in [-0.3, -0.25) is 14.9 Å². The maximum Gasteiger partial charge on any atom is 0.316 e. The van der Waals surface area contributed by atoms with Crippen molar-refractivity contribution in [2.75, 3.05) is 5.32 Å². The van der Waals surface area contributed by atoms with Crippen LogP contribution in [0.5, 0.6) is 0 Å². The van der Waals surface area contributed by atoms with Gasteiger partial charge >= 0.3 is 11.8 Å². The van der Waals surface area contributed by atoms with Gasteiger partial charge in [0.2, 0.25) is 5.95 Å². The van der Waals surface area contributed by atoms with Gasteiger partial charge < -0.3 is 9.73 Å². The molecule has 2 aromatic rings. The minimum atomic E-state index is -0.826. The predicted molar refractivity (Wildman–Crippen MR) is 55.6 cm³/mol. The molecule has 2 rings (SSSR count). The van der Waals surface area contributed by atoms with Gasteiger partial charge in [-0.05, 0) is 12.1 Å². The zero-order valence-corrected chi connectivity index (χ0v) is 8.64. The van der Waals surface area contributed by atoms with E-state index in [0.717, 1.165) is 0 Å². The smallest absolute Gasteiger partial charge is 0.316 e. The quantitative estimate of drug-likeness (QED) is 0.629. The molecule has 88 valence electrons. The van der Waals surface area contributed by atoms with E-state index in [4.69, 9.17) is 4.42 Å². The molecule has 0 aromatic carbocycles. The van der Waals surface area contributed by atoms with Crippen LogP contribution in [-0.2, 0) is 16.1 Å². The largest absolute Gasteiger partial charge is 0.467 e. The minimum absolute atomic E-state index is 0.114. The van der Waals surface area contributed by atoms with Gasteiger partial charge in [-0.15, -0.1) is 0 Å². The first-order valence-electron chi connectivity index (χ1n) is 4.72. The molecule has 0 fully saturated rings. The van der Waals surface area contributed by atoms with Crippen LogP contribution in [0.3, 0.4) is 0 Å². The van der Waals surface area contributed by atoms with Crippen molar-refractivity contribution in [3.8, 4) is 0 Å². The van der Waals surface area contributed by atoms with Crippen molar-refractivity contribution in [3.05, 3.63) is 30.5 Å². The molecule has 0 saturated heterocycles. The molecule has 0 spiro atoms. The summed E-state index contributed by atoms with van der Waals surface area (Å²) in [6.07, 6.45) is 2.70. The number of hydrogen-bond acceptors (Lipinski definition) is 5. The molecule has 2 heterocycles. The first-order valence-corrected chi connectivity index (χ1v) is 4.72. The van der Waals surface area contributed by atoms with Gasteiger partial charge in [0, 0.05) is 0 Å². The van der Waals surface area contributed by atoms with E-state index in [1.165, 1.54) is 12.6 Å². The number of carbonyl (C=O) groups is 2. The van der Waals surface area contributed by atoms with Crippen LogP contribution >= 0.6 is 0 Å². The van der Waals surface area contributed by atoms with E-state index in [1.807, 2.05) is 0 Å². The van der Waals surface area contributed by atoms with Crippen LogP contribution in [-0.4, -0.2) is 27.0 Å². The van der Waals surface area contributed by atoms with Crippen molar-refractivity contribution in [2.24, 2.45) is 0 Å². The van der Waals surface area contributed by atoms with Crippen LogP contribution in [0.1, 0.15) is 5.76 Å². The van der Waals surface area contributed by atoms with Crippen molar-refractivity contribution in [3.63, 3.8) is 0 Å². The van der Waals surface area contributed by atoms with Gasteiger partial charge in [0.1, 0.15) is 12.1 Å². The Morgan fingerprint density at radius 3 is 2.94 bits per heavy atom. The Kier molecular flexibility index (Phi) is 3.15. The highest BCUT2D eigenvalue weighted by Gasteiger charge is 2.14. The average molecular weight is 235 g/mol. The van der Waals surface area contributed by atoms with E-state index >= 15 is 0 Å². The van der Waals surface area contributed by atoms with Crippen molar-refractivity contribution in [2.45, 2.75) is 6.54 Å². The van der Waals surface area contributed by atoms with E-state index in [0.29, 0.717) is 5.76 Å². The van der Waals surface area contributed by atoms with Crippen molar-refractivity contribution in [1.82, 2.24) is 20.5 Å². The van der Waals surface area contributed by atoms with Crippen molar-refractivity contribution >= 4 is 17.8 Å². The van der Waals surface area contributed by atoms with Gasteiger partial charge in [-0.2, -0.15) is 10.1 Å². The monoisotopic (exact) mass is 235 g/mol. The van der Waals surface area contributed by atoms with Crippen molar-refractivity contribution < 1.29 is 14.0 Å². The second kappa shape index (κ2) is 4.92. The topological polar surface area (TPSA) is 113 Å². The molecule has 0 aliphatic carbocycles. The lowest BCUT2D eigenvalue weighted by Gasteiger charge is -2.02. The SMILES string of the molecule is O=C(NCc1ccco1)C(=O)Nc1ncn[nH]1.